The second kappa shape index (κ2) is 17.9. The molecule has 10 rings (SSSR count). The number of methoxy groups -OCH3 is 2. The van der Waals surface area contributed by atoms with E-state index in [2.05, 4.69) is 47.4 Å². The van der Waals surface area contributed by atoms with E-state index in [0.717, 1.165) is 51.3 Å². The van der Waals surface area contributed by atoms with E-state index in [-0.39, 0.29) is 47.2 Å². The summed E-state index contributed by atoms with van der Waals surface area (Å²) in [5.74, 6) is 0.804. The van der Waals surface area contributed by atoms with Crippen molar-refractivity contribution in [1.82, 2.24) is 49.9 Å². The van der Waals surface area contributed by atoms with Crippen LogP contribution in [0, 0.1) is 23.6 Å². The number of thiazole rings is 1. The normalized spacial score (nSPS) is 21.3. The Morgan fingerprint density at radius 2 is 1.49 bits per heavy atom. The van der Waals surface area contributed by atoms with E-state index in [1.165, 1.54) is 20.3 Å². The van der Waals surface area contributed by atoms with Gasteiger partial charge in [0.05, 0.1) is 76.7 Å². The SMILES string of the molecule is COC(=O)N[C@H](C(=O)N1CCC[C@H]1c1ncc(-c2cc(F)c3c(c2)OC(c2cnc(C(C)(C)C)s2)n2c-3cc3cc(-c4cnc([C@@H]5C[C@H]6C[C@H]6N5C(=O)[C@@H](NC(=O)OC)C(C)C)[nH]4)ccc32)[nH]1)C(C)C. The van der Waals surface area contributed by atoms with E-state index in [4.69, 9.17) is 29.2 Å². The van der Waals surface area contributed by atoms with Gasteiger partial charge in [-0.1, -0.05) is 54.5 Å². The van der Waals surface area contributed by atoms with Gasteiger partial charge in [0.1, 0.15) is 35.3 Å². The molecule has 4 aliphatic rings. The molecular formula is C51H59FN10O7S. The minimum absolute atomic E-state index is 0.0993. The Hall–Kier alpha value is -6.76. The van der Waals surface area contributed by atoms with E-state index >= 15 is 4.39 Å². The molecule has 2 aromatic carbocycles. The van der Waals surface area contributed by atoms with Crippen LogP contribution in [0.3, 0.4) is 0 Å². The maximum Gasteiger partial charge on any atom is 0.407 e. The first-order valence-corrected chi connectivity index (χ1v) is 24.8. The number of piperidine rings is 1. The lowest BCUT2D eigenvalue weighted by atomic mass is 9.98. The Labute approximate surface area is 408 Å². The number of alkyl carbamates (subject to hydrolysis) is 2. The molecule has 4 amide bonds. The fourth-order valence-electron chi connectivity index (χ4n) is 10.4. The van der Waals surface area contributed by atoms with Gasteiger partial charge in [-0.15, -0.1) is 11.3 Å². The van der Waals surface area contributed by atoms with Crippen molar-refractivity contribution in [2.24, 2.45) is 17.8 Å². The number of aromatic nitrogens is 6. The number of H-pyrrole nitrogens is 2. The molecule has 2 saturated heterocycles. The first-order chi connectivity index (χ1) is 33.4. The summed E-state index contributed by atoms with van der Waals surface area (Å²) in [6, 6.07) is 9.31. The molecule has 70 heavy (non-hydrogen) atoms. The van der Waals surface area contributed by atoms with Gasteiger partial charge >= 0.3 is 12.2 Å². The summed E-state index contributed by atoms with van der Waals surface area (Å²) in [5, 5.41) is 7.23. The lowest BCUT2D eigenvalue weighted by Crippen LogP contribution is -2.52. The molecule has 0 radical (unpaired) electrons. The third kappa shape index (κ3) is 8.34. The van der Waals surface area contributed by atoms with Crippen molar-refractivity contribution in [2.75, 3.05) is 20.8 Å². The summed E-state index contributed by atoms with van der Waals surface area (Å²) in [7, 11) is 2.55. The maximum absolute atomic E-state index is 17.0. The summed E-state index contributed by atoms with van der Waals surface area (Å²) in [4.78, 5) is 78.0. The van der Waals surface area contributed by atoms with Gasteiger partial charge in [0.25, 0.3) is 0 Å². The standard InChI is InChI=1S/C51H59FN10O7S/c1-24(2)41(58-49(65)67-8)45(63)60-14-10-11-34(60)43-53-22-32(57-43)27-16-30(52)40-36-18-28-15-26(12-13-33(28)62(36)47(69-38(40)20-27)39-23-55-48(70-39)51(5,6)7)31-21-54-44(56-31)37-19-29-17-35(29)61(37)46(64)42(25(3)4)59-50(66)68-9/h12-13,15-16,18,20-25,29,34-35,37,41-42,47H,10-11,14,17,19H2,1-9H3,(H,53,57)(H,54,56)(H,58,65)(H,59,66)/t29-,34+,35-,37+,41+,42+,47?/m1/s1. The van der Waals surface area contributed by atoms with Crippen molar-refractivity contribution in [2.45, 2.75) is 116 Å². The first-order valence-electron chi connectivity index (χ1n) is 24.0. The highest BCUT2D eigenvalue weighted by molar-refractivity contribution is 7.11. The largest absolute Gasteiger partial charge is 0.464 e. The Bertz CT molecular complexity index is 3020. The number of nitrogens with zero attached hydrogens (tertiary/aromatic N) is 6. The molecule has 3 aliphatic heterocycles. The number of rotatable bonds is 11. The number of ether oxygens (including phenoxy) is 3. The van der Waals surface area contributed by atoms with Gasteiger partial charge in [-0.05, 0) is 73.8 Å². The number of nitrogens with one attached hydrogen (secondary N) is 4. The molecule has 3 fully saturated rings. The average molecular weight is 975 g/mol. The minimum atomic E-state index is -0.777. The summed E-state index contributed by atoms with van der Waals surface area (Å²) in [5.41, 5.74) is 4.31. The van der Waals surface area contributed by atoms with Crippen molar-refractivity contribution < 1.29 is 37.8 Å². The Morgan fingerprint density at radius 3 is 2.13 bits per heavy atom. The van der Waals surface area contributed by atoms with E-state index in [1.54, 1.807) is 28.6 Å². The van der Waals surface area contributed by atoms with Gasteiger partial charge in [-0.3, -0.25) is 14.2 Å². The molecule has 0 bridgehead atoms. The highest BCUT2D eigenvalue weighted by atomic mass is 32.1. The van der Waals surface area contributed by atoms with Gasteiger partial charge in [-0.25, -0.2) is 28.9 Å². The minimum Gasteiger partial charge on any atom is -0.464 e. The van der Waals surface area contributed by atoms with Crippen molar-refractivity contribution in [3.05, 3.63) is 82.3 Å². The van der Waals surface area contributed by atoms with Crippen LogP contribution >= 0.6 is 11.3 Å². The van der Waals surface area contributed by atoms with Crippen LogP contribution in [0.4, 0.5) is 14.0 Å². The number of likely N-dealkylation sites (tertiary alicyclic amines) is 2. The van der Waals surface area contributed by atoms with Crippen LogP contribution in [-0.2, 0) is 24.5 Å². The van der Waals surface area contributed by atoms with Gasteiger partial charge in [-0.2, -0.15) is 0 Å². The van der Waals surface area contributed by atoms with Crippen molar-refractivity contribution in [3.8, 4) is 39.5 Å². The molecular weight excluding hydrogens is 916 g/mol. The summed E-state index contributed by atoms with van der Waals surface area (Å²) in [6.07, 6.45) is 6.41. The third-order valence-electron chi connectivity index (χ3n) is 14.2. The molecule has 368 valence electrons. The Kier molecular flexibility index (Phi) is 12.0. The van der Waals surface area contributed by atoms with Crippen LogP contribution < -0.4 is 15.4 Å². The monoisotopic (exact) mass is 974 g/mol. The maximum atomic E-state index is 17.0. The number of amides is 4. The highest BCUT2D eigenvalue weighted by Gasteiger charge is 2.56. The molecule has 7 heterocycles. The molecule has 1 unspecified atom stereocenters. The molecule has 1 saturated carbocycles. The number of carbonyl (C=O) groups is 4. The topological polar surface area (TPSA) is 202 Å². The van der Waals surface area contributed by atoms with Crippen LogP contribution in [0.15, 0.2) is 55.0 Å². The molecule has 4 N–H and O–H groups in total. The molecule has 0 spiro atoms. The lowest BCUT2D eigenvalue weighted by Gasteiger charge is -2.31. The molecule has 6 aromatic rings. The third-order valence-corrected chi connectivity index (χ3v) is 15.6. The predicted molar refractivity (Wildman–Crippen MR) is 260 cm³/mol. The van der Waals surface area contributed by atoms with Crippen LogP contribution in [0.5, 0.6) is 5.75 Å². The molecule has 17 nitrogen and oxygen atoms in total. The number of imidazole rings is 2. The van der Waals surface area contributed by atoms with Gasteiger partial charge in [0, 0.05) is 40.7 Å². The molecule has 19 heteroatoms. The number of hydrogen-bond donors (Lipinski definition) is 4. The fourth-order valence-corrected chi connectivity index (χ4v) is 11.4. The number of halogens is 1. The van der Waals surface area contributed by atoms with E-state index in [9.17, 15) is 19.2 Å². The van der Waals surface area contributed by atoms with E-state index < -0.39 is 36.3 Å². The van der Waals surface area contributed by atoms with Crippen LogP contribution in [-0.4, -0.2) is 102 Å². The smallest absolute Gasteiger partial charge is 0.407 e. The number of carbonyl (C=O) groups excluding carboxylic acids is 4. The second-order valence-electron chi connectivity index (χ2n) is 20.6. The number of benzene rings is 2. The van der Waals surface area contributed by atoms with Gasteiger partial charge < -0.3 is 44.6 Å². The Morgan fingerprint density at radius 1 is 0.829 bits per heavy atom. The summed E-state index contributed by atoms with van der Waals surface area (Å²) in [6.45, 7) is 14.4. The fraction of sp³-hybridized carbons (Fsp3) is 0.471. The lowest BCUT2D eigenvalue weighted by molar-refractivity contribution is -0.137. The van der Waals surface area contributed by atoms with Crippen molar-refractivity contribution in [1.29, 1.82) is 0 Å². The summed E-state index contributed by atoms with van der Waals surface area (Å²) >= 11 is 1.56. The highest BCUT2D eigenvalue weighted by Crippen LogP contribution is 2.54. The van der Waals surface area contributed by atoms with E-state index in [0.29, 0.717) is 58.8 Å². The Balaban J connectivity index is 0.975. The average Bonchev–Trinajstić information content (AvgIpc) is 4.09. The van der Waals surface area contributed by atoms with Gasteiger partial charge in [0.15, 0.2) is 0 Å². The van der Waals surface area contributed by atoms with Crippen LogP contribution in [0.1, 0.15) is 114 Å². The molecule has 1 aliphatic carbocycles. The first kappa shape index (κ1) is 46.9. The zero-order chi connectivity index (χ0) is 49.5. The predicted octanol–water partition coefficient (Wildman–Crippen LogP) is 9.01. The summed E-state index contributed by atoms with van der Waals surface area (Å²) < 4.78 is 35.5. The molecule has 7 atom stereocenters. The second-order valence-corrected chi connectivity index (χ2v) is 21.7. The molecule has 4 aromatic heterocycles. The zero-order valence-corrected chi connectivity index (χ0v) is 41.6. The zero-order valence-electron chi connectivity index (χ0n) is 40.8. The van der Waals surface area contributed by atoms with E-state index in [1.807, 2.05) is 67.6 Å². The van der Waals surface area contributed by atoms with Gasteiger partial charge in [0.2, 0.25) is 18.0 Å². The van der Waals surface area contributed by atoms with Crippen molar-refractivity contribution >= 4 is 46.2 Å². The quantitative estimate of drug-likeness (QED) is 0.0971. The van der Waals surface area contributed by atoms with Crippen LogP contribution in [0.25, 0.3) is 44.7 Å². The number of hydrogen-bond acceptors (Lipinski definition) is 11. The van der Waals surface area contributed by atoms with Crippen LogP contribution in [0.2, 0.25) is 0 Å². The van der Waals surface area contributed by atoms with Crippen molar-refractivity contribution in [3.63, 3.8) is 0 Å². The number of fused-ring (bicyclic) bond motifs is 6. The number of aromatic amines is 2.